The van der Waals surface area contributed by atoms with E-state index in [9.17, 15) is 9.59 Å². The van der Waals surface area contributed by atoms with Crippen molar-refractivity contribution in [2.45, 2.75) is 39.2 Å². The summed E-state index contributed by atoms with van der Waals surface area (Å²) in [5.41, 5.74) is 3.19. The van der Waals surface area contributed by atoms with Crippen molar-refractivity contribution in [3.8, 4) is 0 Å². The Kier molecular flexibility index (Phi) is 5.71. The van der Waals surface area contributed by atoms with Gasteiger partial charge in [-0.3, -0.25) is 9.59 Å². The van der Waals surface area contributed by atoms with Gasteiger partial charge in [0, 0.05) is 37.8 Å². The van der Waals surface area contributed by atoms with Crippen molar-refractivity contribution < 1.29 is 9.59 Å². The summed E-state index contributed by atoms with van der Waals surface area (Å²) in [4.78, 5) is 34.1. The average Bonchev–Trinajstić information content (AvgIpc) is 3.15. The van der Waals surface area contributed by atoms with Crippen molar-refractivity contribution in [1.29, 1.82) is 0 Å². The maximum absolute atomic E-state index is 12.9. The zero-order valence-corrected chi connectivity index (χ0v) is 15.4. The molecule has 138 valence electrons. The van der Waals surface area contributed by atoms with Gasteiger partial charge in [0.25, 0.3) is 0 Å². The summed E-state index contributed by atoms with van der Waals surface area (Å²) in [6.45, 7) is 5.16. The number of likely N-dealkylation sites (tertiary alicyclic amines) is 1. The summed E-state index contributed by atoms with van der Waals surface area (Å²) in [7, 11) is 0. The summed E-state index contributed by atoms with van der Waals surface area (Å²) < 4.78 is 0. The minimum Gasteiger partial charge on any atom is -0.355 e. The molecule has 1 aliphatic heterocycles. The molecule has 1 aromatic carbocycles. The number of rotatable bonds is 6. The Bertz CT molecular complexity index is 740. The van der Waals surface area contributed by atoms with Gasteiger partial charge in [-0.15, -0.1) is 0 Å². The number of hydrogen-bond acceptors (Lipinski definition) is 3. The molecule has 0 spiro atoms. The van der Waals surface area contributed by atoms with Crippen molar-refractivity contribution in [1.82, 2.24) is 20.2 Å². The number of carbonyl (C=O) groups is 2. The van der Waals surface area contributed by atoms with Gasteiger partial charge < -0.3 is 15.2 Å². The molecule has 1 aliphatic rings. The van der Waals surface area contributed by atoms with Crippen molar-refractivity contribution >= 4 is 11.8 Å². The largest absolute Gasteiger partial charge is 0.355 e. The molecule has 0 unspecified atom stereocenters. The van der Waals surface area contributed by atoms with Crippen LogP contribution >= 0.6 is 0 Å². The standard InChI is InChI=1S/C20H26N4O2/c1-3-24-18(25)9-8-17(19(24)15-6-4-14(2)5-7-15)20(26)22-11-10-16-12-21-13-23-16/h4-7,12-13,17,19H,3,8-11H2,1-2H3,(H,21,23)(H,22,26)/t17-,19+/m1/s1. The molecule has 1 saturated heterocycles. The monoisotopic (exact) mass is 354 g/mol. The molecular weight excluding hydrogens is 328 g/mol. The Labute approximate surface area is 154 Å². The first-order chi connectivity index (χ1) is 12.6. The van der Waals surface area contributed by atoms with E-state index in [2.05, 4.69) is 15.3 Å². The van der Waals surface area contributed by atoms with Crippen LogP contribution in [0, 0.1) is 12.8 Å². The van der Waals surface area contributed by atoms with E-state index in [0.717, 1.165) is 11.3 Å². The number of H-pyrrole nitrogens is 1. The molecule has 0 aliphatic carbocycles. The Morgan fingerprint density at radius 3 is 2.77 bits per heavy atom. The molecule has 2 N–H and O–H groups in total. The zero-order chi connectivity index (χ0) is 18.5. The highest BCUT2D eigenvalue weighted by Crippen LogP contribution is 2.36. The highest BCUT2D eigenvalue weighted by molar-refractivity contribution is 5.85. The van der Waals surface area contributed by atoms with Gasteiger partial charge in [0.2, 0.25) is 11.8 Å². The second-order valence-electron chi connectivity index (χ2n) is 6.80. The fourth-order valence-corrected chi connectivity index (χ4v) is 3.65. The van der Waals surface area contributed by atoms with E-state index in [1.54, 1.807) is 12.5 Å². The van der Waals surface area contributed by atoms with Gasteiger partial charge in [0.1, 0.15) is 0 Å². The number of aryl methyl sites for hydroxylation is 1. The van der Waals surface area contributed by atoms with Crippen LogP contribution in [-0.2, 0) is 16.0 Å². The molecule has 0 radical (unpaired) electrons. The number of aromatic amines is 1. The second-order valence-corrected chi connectivity index (χ2v) is 6.80. The van der Waals surface area contributed by atoms with E-state index in [0.29, 0.717) is 32.4 Å². The number of aromatic nitrogens is 2. The maximum Gasteiger partial charge on any atom is 0.225 e. The van der Waals surface area contributed by atoms with Gasteiger partial charge in [-0.25, -0.2) is 4.98 Å². The van der Waals surface area contributed by atoms with Crippen LogP contribution in [-0.4, -0.2) is 39.8 Å². The van der Waals surface area contributed by atoms with Crippen molar-refractivity contribution in [2.75, 3.05) is 13.1 Å². The van der Waals surface area contributed by atoms with Crippen LogP contribution in [0.15, 0.2) is 36.8 Å². The molecule has 2 aromatic rings. The molecule has 2 amide bonds. The van der Waals surface area contributed by atoms with Crippen molar-refractivity contribution in [2.24, 2.45) is 5.92 Å². The summed E-state index contributed by atoms with van der Waals surface area (Å²) in [6, 6.07) is 7.94. The van der Waals surface area contributed by atoms with Crippen molar-refractivity contribution in [3.63, 3.8) is 0 Å². The first-order valence-electron chi connectivity index (χ1n) is 9.21. The number of piperidine rings is 1. The zero-order valence-electron chi connectivity index (χ0n) is 15.4. The minimum absolute atomic E-state index is 0.0149. The van der Waals surface area contributed by atoms with E-state index < -0.39 is 0 Å². The predicted molar refractivity (Wildman–Crippen MR) is 99.3 cm³/mol. The van der Waals surface area contributed by atoms with Crippen LogP contribution in [0.25, 0.3) is 0 Å². The number of imidazole rings is 1. The summed E-state index contributed by atoms with van der Waals surface area (Å²) in [5, 5.41) is 3.04. The molecule has 2 heterocycles. The van der Waals surface area contributed by atoms with E-state index >= 15 is 0 Å². The van der Waals surface area contributed by atoms with Gasteiger partial charge in [-0.05, 0) is 25.8 Å². The smallest absolute Gasteiger partial charge is 0.225 e. The topological polar surface area (TPSA) is 78.1 Å². The highest BCUT2D eigenvalue weighted by Gasteiger charge is 2.39. The fraction of sp³-hybridized carbons (Fsp3) is 0.450. The molecule has 6 nitrogen and oxygen atoms in total. The van der Waals surface area contributed by atoms with Crippen LogP contribution in [0.4, 0.5) is 0 Å². The molecular formula is C20H26N4O2. The van der Waals surface area contributed by atoms with Gasteiger partial charge in [-0.2, -0.15) is 0 Å². The van der Waals surface area contributed by atoms with Crippen molar-refractivity contribution in [3.05, 3.63) is 53.6 Å². The summed E-state index contributed by atoms with van der Waals surface area (Å²) in [5.74, 6) is -0.0854. The third-order valence-corrected chi connectivity index (χ3v) is 5.05. The van der Waals surface area contributed by atoms with Crippen LogP contribution in [0.3, 0.4) is 0 Å². The molecule has 1 fully saturated rings. The first kappa shape index (κ1) is 18.2. The lowest BCUT2D eigenvalue weighted by Crippen LogP contribution is -2.48. The van der Waals surface area contributed by atoms with Gasteiger partial charge in [0.05, 0.1) is 18.3 Å². The number of carbonyl (C=O) groups excluding carboxylic acids is 2. The maximum atomic E-state index is 12.9. The van der Waals surface area contributed by atoms with E-state index in [-0.39, 0.29) is 23.8 Å². The summed E-state index contributed by atoms with van der Waals surface area (Å²) >= 11 is 0. The Balaban J connectivity index is 1.74. The minimum atomic E-state index is -0.225. The molecule has 2 atom stereocenters. The number of benzene rings is 1. The molecule has 0 saturated carbocycles. The summed E-state index contributed by atoms with van der Waals surface area (Å²) in [6.07, 6.45) is 5.12. The van der Waals surface area contributed by atoms with Crippen LogP contribution in [0.1, 0.15) is 42.6 Å². The van der Waals surface area contributed by atoms with Crippen LogP contribution in [0.2, 0.25) is 0 Å². The number of nitrogens with zero attached hydrogens (tertiary/aromatic N) is 2. The van der Waals surface area contributed by atoms with Gasteiger partial charge >= 0.3 is 0 Å². The number of amides is 2. The quantitative estimate of drug-likeness (QED) is 0.836. The van der Waals surface area contributed by atoms with Gasteiger partial charge in [-0.1, -0.05) is 29.8 Å². The van der Waals surface area contributed by atoms with Gasteiger partial charge in [0.15, 0.2) is 0 Å². The number of hydrogen-bond donors (Lipinski definition) is 2. The molecule has 6 heteroatoms. The van der Waals surface area contributed by atoms with Crippen LogP contribution in [0.5, 0.6) is 0 Å². The van der Waals surface area contributed by atoms with E-state index in [4.69, 9.17) is 0 Å². The normalized spacial score (nSPS) is 20.2. The predicted octanol–water partition coefficient (Wildman–Crippen LogP) is 2.38. The second kappa shape index (κ2) is 8.17. The molecule has 26 heavy (non-hydrogen) atoms. The molecule has 0 bridgehead atoms. The third kappa shape index (κ3) is 3.95. The van der Waals surface area contributed by atoms with E-state index in [1.165, 1.54) is 5.56 Å². The lowest BCUT2D eigenvalue weighted by molar-refractivity contribution is -0.143. The van der Waals surface area contributed by atoms with Crippen LogP contribution < -0.4 is 5.32 Å². The van der Waals surface area contributed by atoms with E-state index in [1.807, 2.05) is 43.0 Å². The first-order valence-corrected chi connectivity index (χ1v) is 9.21. The Morgan fingerprint density at radius 2 is 2.12 bits per heavy atom. The lowest BCUT2D eigenvalue weighted by Gasteiger charge is -2.40. The molecule has 3 rings (SSSR count). The molecule has 1 aromatic heterocycles. The highest BCUT2D eigenvalue weighted by atomic mass is 16.2. The average molecular weight is 354 g/mol. The third-order valence-electron chi connectivity index (χ3n) is 5.05. The SMILES string of the molecule is CCN1C(=O)CC[C@@H](C(=O)NCCc2cnc[nH]2)[C@@H]1c1ccc(C)cc1. The Morgan fingerprint density at radius 1 is 1.35 bits per heavy atom. The fourth-order valence-electron chi connectivity index (χ4n) is 3.65. The Hall–Kier alpha value is -2.63. The number of nitrogens with one attached hydrogen (secondary N) is 2. The lowest BCUT2D eigenvalue weighted by atomic mass is 9.83.